The van der Waals surface area contributed by atoms with E-state index in [-0.39, 0.29) is 34.0 Å². The molecule has 4 atom stereocenters. The number of nitro benzene ring substituents is 1. The minimum absolute atomic E-state index is 0.0167. The zero-order chi connectivity index (χ0) is 32.5. The smallest absolute Gasteiger partial charge is 0.330 e. The lowest BCUT2D eigenvalue weighted by Crippen LogP contribution is -2.48. The predicted octanol–water partition coefficient (Wildman–Crippen LogP) is 6.42. The van der Waals surface area contributed by atoms with E-state index in [0.29, 0.717) is 18.6 Å². The van der Waals surface area contributed by atoms with E-state index < -0.39 is 51.2 Å². The fraction of sp³-hybridized carbons (Fsp3) is 0.667. The van der Waals surface area contributed by atoms with Crippen LogP contribution in [0.2, 0.25) is 36.3 Å². The summed E-state index contributed by atoms with van der Waals surface area (Å²) >= 11 is 0. The molecular weight excluding hydrogens is 587 g/mol. The summed E-state index contributed by atoms with van der Waals surface area (Å²) < 4.78 is 27.1. The molecule has 2 heterocycles. The molecule has 240 valence electrons. The van der Waals surface area contributed by atoms with Gasteiger partial charge in [0.1, 0.15) is 12.3 Å². The number of aromatic nitrogens is 2. The second-order valence-corrected chi connectivity index (χ2v) is 24.0. The Morgan fingerprint density at radius 1 is 1.07 bits per heavy atom. The number of hydrogen-bond donors (Lipinski definition) is 1. The maximum absolute atomic E-state index is 13.0. The molecule has 1 saturated heterocycles. The van der Waals surface area contributed by atoms with Crippen LogP contribution in [0.25, 0.3) is 0 Å². The predicted molar refractivity (Wildman–Crippen MR) is 171 cm³/mol. The van der Waals surface area contributed by atoms with Crippen molar-refractivity contribution in [1.29, 1.82) is 0 Å². The lowest BCUT2D eigenvalue weighted by molar-refractivity contribution is -0.386. The third-order valence-electron chi connectivity index (χ3n) is 9.26. The van der Waals surface area contributed by atoms with Gasteiger partial charge in [-0.25, -0.2) is 4.79 Å². The van der Waals surface area contributed by atoms with Gasteiger partial charge >= 0.3 is 5.69 Å². The number of aromatic amines is 1. The molecule has 0 aliphatic carbocycles. The third-order valence-corrected chi connectivity index (χ3v) is 18.3. The summed E-state index contributed by atoms with van der Waals surface area (Å²) in [5, 5.41) is 11.4. The number of hydrogen-bond acceptors (Lipinski definition) is 8. The highest BCUT2D eigenvalue weighted by Crippen LogP contribution is 2.42. The molecule has 0 radical (unpaired) electrons. The van der Waals surface area contributed by atoms with Gasteiger partial charge in [0.05, 0.1) is 41.5 Å². The van der Waals surface area contributed by atoms with Crippen molar-refractivity contribution in [3.8, 4) is 0 Å². The average Bonchev–Trinajstić information content (AvgIpc) is 3.27. The Balaban J connectivity index is 1.87. The molecule has 1 aliphatic rings. The molecule has 2 aromatic rings. The van der Waals surface area contributed by atoms with Crippen molar-refractivity contribution in [2.75, 3.05) is 6.61 Å². The Morgan fingerprint density at radius 3 is 2.26 bits per heavy atom. The second-order valence-electron chi connectivity index (χ2n) is 14.4. The summed E-state index contributed by atoms with van der Waals surface area (Å²) in [5.74, 6) is 0. The van der Waals surface area contributed by atoms with Gasteiger partial charge in [0.15, 0.2) is 16.6 Å². The van der Waals surface area contributed by atoms with Crippen LogP contribution in [-0.4, -0.2) is 49.9 Å². The van der Waals surface area contributed by atoms with Crippen LogP contribution in [0, 0.1) is 10.1 Å². The maximum atomic E-state index is 13.0. The molecule has 0 spiro atoms. The monoisotopic (exact) mass is 635 g/mol. The number of ether oxygens (including phenoxy) is 2. The molecule has 1 aliphatic heterocycles. The molecule has 1 aromatic heterocycles. The Bertz CT molecular complexity index is 1410. The lowest BCUT2D eigenvalue weighted by atomic mass is 10.1. The summed E-state index contributed by atoms with van der Waals surface area (Å²) in [7, 11) is -4.28. The van der Waals surface area contributed by atoms with Crippen LogP contribution in [0.3, 0.4) is 0 Å². The molecule has 0 bridgehead atoms. The van der Waals surface area contributed by atoms with E-state index in [9.17, 15) is 19.7 Å². The number of nitrogens with zero attached hydrogens (tertiary/aromatic N) is 2. The fourth-order valence-corrected chi connectivity index (χ4v) is 6.73. The van der Waals surface area contributed by atoms with Crippen LogP contribution in [-0.2, 0) is 24.9 Å². The summed E-state index contributed by atoms with van der Waals surface area (Å²) in [6.45, 7) is 23.7. The molecule has 1 aromatic carbocycles. The van der Waals surface area contributed by atoms with E-state index >= 15 is 0 Å². The van der Waals surface area contributed by atoms with E-state index in [1.807, 2.05) is 0 Å². The van der Waals surface area contributed by atoms with E-state index in [0.717, 1.165) is 0 Å². The Labute approximate surface area is 256 Å². The Hall–Kier alpha value is -2.43. The van der Waals surface area contributed by atoms with E-state index in [4.69, 9.17) is 18.3 Å². The molecule has 3 rings (SSSR count). The summed E-state index contributed by atoms with van der Waals surface area (Å²) in [5.41, 5.74) is -0.640. The van der Waals surface area contributed by atoms with Crippen molar-refractivity contribution in [3.05, 3.63) is 72.5 Å². The van der Waals surface area contributed by atoms with Crippen molar-refractivity contribution in [3.63, 3.8) is 0 Å². The van der Waals surface area contributed by atoms with Crippen molar-refractivity contribution in [1.82, 2.24) is 9.55 Å². The molecule has 1 unspecified atom stereocenters. The van der Waals surface area contributed by atoms with Crippen LogP contribution in [0.15, 0.2) is 40.1 Å². The quantitative estimate of drug-likeness (QED) is 0.170. The molecule has 0 amide bonds. The van der Waals surface area contributed by atoms with Crippen molar-refractivity contribution < 1.29 is 23.2 Å². The number of benzene rings is 1. The summed E-state index contributed by atoms with van der Waals surface area (Å²) in [6, 6.07) is 6.31. The first kappa shape index (κ1) is 35.1. The van der Waals surface area contributed by atoms with Crippen LogP contribution in [0.5, 0.6) is 0 Å². The van der Waals surface area contributed by atoms with Crippen LogP contribution in [0.1, 0.15) is 78.3 Å². The lowest BCUT2D eigenvalue weighted by Gasteiger charge is -2.40. The van der Waals surface area contributed by atoms with Gasteiger partial charge in [0.2, 0.25) is 0 Å². The van der Waals surface area contributed by atoms with Gasteiger partial charge in [-0.1, -0.05) is 53.7 Å². The van der Waals surface area contributed by atoms with Gasteiger partial charge in [0, 0.05) is 18.7 Å². The first-order valence-electron chi connectivity index (χ1n) is 14.8. The highest BCUT2D eigenvalue weighted by Gasteiger charge is 2.46. The summed E-state index contributed by atoms with van der Waals surface area (Å²) in [6.07, 6.45) is -0.171. The number of rotatable bonds is 11. The molecule has 43 heavy (non-hydrogen) atoms. The average molecular weight is 636 g/mol. The fourth-order valence-electron chi connectivity index (χ4n) is 4.35. The number of H-pyrrole nitrogens is 1. The molecule has 1 N–H and O–H groups in total. The van der Waals surface area contributed by atoms with Gasteiger partial charge in [-0.3, -0.25) is 24.5 Å². The first-order chi connectivity index (χ1) is 19.6. The Kier molecular flexibility index (Phi) is 10.5. The van der Waals surface area contributed by atoms with Crippen molar-refractivity contribution >= 4 is 22.3 Å². The molecule has 0 saturated carbocycles. The van der Waals surface area contributed by atoms with Gasteiger partial charge < -0.3 is 18.3 Å². The van der Waals surface area contributed by atoms with E-state index in [1.165, 1.54) is 16.8 Å². The minimum Gasteiger partial charge on any atom is -0.414 e. The highest BCUT2D eigenvalue weighted by molar-refractivity contribution is 6.74. The van der Waals surface area contributed by atoms with E-state index in [1.54, 1.807) is 25.1 Å². The number of nitro groups is 1. The van der Waals surface area contributed by atoms with Gasteiger partial charge in [-0.15, -0.1) is 0 Å². The Morgan fingerprint density at radius 2 is 1.67 bits per heavy atom. The highest BCUT2D eigenvalue weighted by atomic mass is 28.4. The third kappa shape index (κ3) is 8.19. The zero-order valence-corrected chi connectivity index (χ0v) is 29.5. The first-order valence-corrected chi connectivity index (χ1v) is 20.6. The SMILES string of the molecule is CC(OCc1cn([C@H]2C[C@@H](O[Si](C)(C)C(C)(C)C)[C@@H](CO[Si](C)(C)C(C)(C)C)O2)c(=O)[nH]c1=O)c1ccccc1[N+](=O)[O-]. The molecule has 13 heteroatoms. The van der Waals surface area contributed by atoms with Gasteiger partial charge in [-0.05, 0) is 49.3 Å². The van der Waals surface area contributed by atoms with Crippen LogP contribution in [0.4, 0.5) is 5.69 Å². The summed E-state index contributed by atoms with van der Waals surface area (Å²) in [4.78, 5) is 39.1. The number of para-hydroxylation sites is 1. The van der Waals surface area contributed by atoms with E-state index in [2.05, 4.69) is 72.7 Å². The van der Waals surface area contributed by atoms with Crippen LogP contribution >= 0.6 is 0 Å². The minimum atomic E-state index is -2.19. The van der Waals surface area contributed by atoms with Gasteiger partial charge in [-0.2, -0.15) is 0 Å². The maximum Gasteiger partial charge on any atom is 0.330 e. The largest absolute Gasteiger partial charge is 0.414 e. The normalized spacial score (nSPS) is 20.8. The van der Waals surface area contributed by atoms with Crippen molar-refractivity contribution in [2.24, 2.45) is 0 Å². The molecule has 1 fully saturated rings. The molecular formula is C30H49N3O8Si2. The van der Waals surface area contributed by atoms with Gasteiger partial charge in [0.25, 0.3) is 11.2 Å². The number of nitrogens with one attached hydrogen (secondary N) is 1. The van der Waals surface area contributed by atoms with Crippen LogP contribution < -0.4 is 11.2 Å². The standard InChI is InChI=1S/C30H49N3O8Si2/c1-20(22-14-12-13-15-23(22)33(36)37)38-18-21-17-32(28(35)31-27(21)34)26-16-24(41-43(10,11)30(5,6)7)25(40-26)19-39-42(8,9)29(2,3)4/h12-15,17,20,24-26H,16,18-19H2,1-11H3,(H,31,34,35)/t20?,24-,25-,26-/m1/s1. The van der Waals surface area contributed by atoms with Crippen molar-refractivity contribution in [2.45, 2.75) is 122 Å². The topological polar surface area (TPSA) is 135 Å². The zero-order valence-electron chi connectivity index (χ0n) is 27.5. The molecule has 11 nitrogen and oxygen atoms in total. The second kappa shape index (κ2) is 12.9.